The Kier molecular flexibility index (Phi) is 1.66. The minimum Gasteiger partial charge on any atom is -0.262 e. The van der Waals surface area contributed by atoms with Gasteiger partial charge in [0.25, 0.3) is 0 Å². The third kappa shape index (κ3) is 56.3. The van der Waals surface area contributed by atoms with E-state index in [1.807, 2.05) is 0 Å². The molecule has 0 radical (unpaired) electrons. The zero-order valence-corrected chi connectivity index (χ0v) is 3.18. The Bertz CT molecular complexity index is 32.6. The van der Waals surface area contributed by atoms with E-state index in [-0.39, 0.29) is 1.43 Å². The molecule has 0 unspecified atom stereocenters. The van der Waals surface area contributed by atoms with E-state index < -0.39 is 4.70 Å². The van der Waals surface area contributed by atoms with Crippen LogP contribution in [0.3, 0.4) is 0 Å². The van der Waals surface area contributed by atoms with E-state index in [4.69, 9.17) is 4.79 Å². The maximum Gasteiger partial charge on any atom is 0.313 e. The molecule has 0 spiro atoms. The maximum atomic E-state index is 8.98. The second-order valence-electron chi connectivity index (χ2n) is 0.226. The van der Waals surface area contributed by atoms with Gasteiger partial charge in [-0.3, -0.25) is 4.79 Å². The van der Waals surface area contributed by atoms with Crippen LogP contribution in [0.25, 0.3) is 0 Å². The van der Waals surface area contributed by atoms with E-state index in [9.17, 15) is 0 Å². The van der Waals surface area contributed by atoms with Crippen molar-refractivity contribution in [3.63, 3.8) is 0 Å². The number of carbonyl (C=O) groups excluding carboxylic acids is 1. The predicted molar refractivity (Wildman–Crippen MR) is 19.2 cm³/mol. The van der Waals surface area contributed by atoms with Gasteiger partial charge in [0.15, 0.2) is 0 Å². The molecule has 0 atom stereocenters. The largest absolute Gasteiger partial charge is 0.313 e. The van der Waals surface area contributed by atoms with Crippen LogP contribution in [0, 0.1) is 0 Å². The van der Waals surface area contributed by atoms with Gasteiger partial charge < -0.3 is 0 Å². The van der Waals surface area contributed by atoms with Gasteiger partial charge in [-0.15, -0.1) is 0 Å². The van der Waals surface area contributed by atoms with Crippen LogP contribution >= 0.6 is 23.2 Å². The Hall–Kier alpha value is 0.250. The lowest BCUT2D eigenvalue weighted by atomic mass is 11.8. The van der Waals surface area contributed by atoms with Crippen molar-refractivity contribution in [2.75, 3.05) is 0 Å². The van der Waals surface area contributed by atoms with Crippen molar-refractivity contribution < 1.29 is 6.22 Å². The van der Waals surface area contributed by atoms with Crippen molar-refractivity contribution in [3.8, 4) is 0 Å². The summed E-state index contributed by atoms with van der Waals surface area (Å²) in [6.45, 7) is 0. The summed E-state index contributed by atoms with van der Waals surface area (Å²) in [5.41, 5.74) is 0. The van der Waals surface area contributed by atoms with Crippen molar-refractivity contribution in [1.82, 2.24) is 0 Å². The summed E-state index contributed by atoms with van der Waals surface area (Å²) < 4.78 is -0.889. The van der Waals surface area contributed by atoms with Crippen molar-refractivity contribution in [2.24, 2.45) is 0 Å². The first-order chi connectivity index (χ1) is 1.73. The Morgan fingerprint density at radius 3 is 1.75 bits per heavy atom. The zero-order chi connectivity index (χ0) is 3.58. The molecule has 0 heterocycles. The van der Waals surface area contributed by atoms with Gasteiger partial charge in [-0.2, -0.15) is 0 Å². The van der Waals surface area contributed by atoms with Crippen LogP contribution in [0.1, 0.15) is 1.43 Å². The van der Waals surface area contributed by atoms with Crippen LogP contribution in [0.15, 0.2) is 0 Å². The number of carbonyl (C=O) groups is 1. The van der Waals surface area contributed by atoms with Gasteiger partial charge in [-0.25, -0.2) is 0 Å². The number of hydrogen-bond acceptors (Lipinski definition) is 1. The lowest BCUT2D eigenvalue weighted by molar-refractivity contribution is 0.275. The van der Waals surface area contributed by atoms with Gasteiger partial charge in [0, 0.05) is 1.43 Å². The maximum absolute atomic E-state index is 8.98. The van der Waals surface area contributed by atoms with E-state index in [2.05, 4.69) is 23.2 Å². The highest BCUT2D eigenvalue weighted by Crippen LogP contribution is 1.84. The lowest BCUT2D eigenvalue weighted by Gasteiger charge is -1.48. The highest BCUT2D eigenvalue weighted by atomic mass is 35.5. The van der Waals surface area contributed by atoms with Crippen LogP contribution in [0.5, 0.6) is 0 Å². The quantitative estimate of drug-likeness (QED) is 0.425. The highest BCUT2D eigenvalue weighted by molar-refractivity contribution is 6.93. The van der Waals surface area contributed by atoms with Crippen LogP contribution < -0.4 is 0 Å². The molecule has 0 bridgehead atoms. The molecule has 26 valence electrons. The van der Waals surface area contributed by atoms with Gasteiger partial charge >= 0.3 is 4.70 Å². The third-order valence-electron chi connectivity index (χ3n) is 0. The minimum absolute atomic E-state index is 0. The molecule has 0 saturated carbocycles. The summed E-state index contributed by atoms with van der Waals surface area (Å²) in [6, 6.07) is 0. The summed E-state index contributed by atoms with van der Waals surface area (Å²) in [5, 5.41) is 0. The molecule has 3 heteroatoms. The number of hydrogen-bond donors (Lipinski definition) is 0. The molecule has 0 fully saturated rings. The van der Waals surface area contributed by atoms with Crippen LogP contribution in [0.2, 0.25) is 0 Å². The molecule has 0 aromatic heterocycles. The number of halogens is 2. The lowest BCUT2D eigenvalue weighted by Crippen LogP contribution is -1.46. The molecule has 0 aromatic carbocycles. The smallest absolute Gasteiger partial charge is 0.262 e. The van der Waals surface area contributed by atoms with Gasteiger partial charge in [0.1, 0.15) is 0 Å². The molecule has 4 heavy (non-hydrogen) atoms. The van der Waals surface area contributed by atoms with Crippen molar-refractivity contribution >= 4 is 27.9 Å². The summed E-state index contributed by atoms with van der Waals surface area (Å²) >= 11 is 8.80. The average molecular weight is 101 g/mol. The summed E-state index contributed by atoms with van der Waals surface area (Å²) in [6.07, 6.45) is 0. The molecule has 0 aromatic rings. The Balaban J connectivity index is 0. The van der Waals surface area contributed by atoms with E-state index in [0.717, 1.165) is 0 Å². The van der Waals surface area contributed by atoms with E-state index in [0.29, 0.717) is 0 Å². The fraction of sp³-hybridized carbons (Fsp3) is 0. The van der Waals surface area contributed by atoms with Crippen molar-refractivity contribution in [2.45, 2.75) is 0 Å². The standard InChI is InChI=1S/CCl2O.H2/c2-1(3)4;/h;1H. The summed E-state index contributed by atoms with van der Waals surface area (Å²) in [4.78, 5) is 8.98. The second kappa shape index (κ2) is 1.56. The third-order valence-corrected chi connectivity index (χ3v) is 0. The van der Waals surface area contributed by atoms with Gasteiger partial charge in [-0.05, 0) is 23.2 Å². The topological polar surface area (TPSA) is 17.1 Å². The van der Waals surface area contributed by atoms with Crippen molar-refractivity contribution in [1.29, 1.82) is 0 Å². The molecule has 0 aliphatic carbocycles. The first-order valence-corrected chi connectivity index (χ1v) is 1.34. The molecule has 0 saturated heterocycles. The summed E-state index contributed by atoms with van der Waals surface area (Å²) in [7, 11) is 0. The van der Waals surface area contributed by atoms with E-state index in [1.54, 1.807) is 0 Å². The monoisotopic (exact) mass is 99.9 g/mol. The van der Waals surface area contributed by atoms with Crippen LogP contribution in [0.4, 0.5) is 4.79 Å². The van der Waals surface area contributed by atoms with Crippen LogP contribution in [-0.2, 0) is 0 Å². The molecular weight excluding hydrogens is 98.9 g/mol. The predicted octanol–water partition coefficient (Wildman–Crippen LogP) is 1.83. The first kappa shape index (κ1) is 4.25. The van der Waals surface area contributed by atoms with Gasteiger partial charge in [0.2, 0.25) is 0 Å². The molecule has 0 amide bonds. The number of rotatable bonds is 0. The fourth-order valence-electron chi connectivity index (χ4n) is 0. The first-order valence-electron chi connectivity index (χ1n) is 0.582. The molecule has 0 aliphatic heterocycles. The normalized spacial score (nSPS) is 6.50. The van der Waals surface area contributed by atoms with E-state index in [1.165, 1.54) is 0 Å². The van der Waals surface area contributed by atoms with E-state index >= 15 is 0 Å². The Morgan fingerprint density at radius 1 is 1.75 bits per heavy atom. The van der Waals surface area contributed by atoms with Crippen molar-refractivity contribution in [3.05, 3.63) is 0 Å². The van der Waals surface area contributed by atoms with Gasteiger partial charge in [-0.1, -0.05) is 0 Å². The average Bonchev–Trinajstić information content (AvgIpc) is 0.811. The van der Waals surface area contributed by atoms with Crippen LogP contribution in [-0.4, -0.2) is 4.70 Å². The summed E-state index contributed by atoms with van der Waals surface area (Å²) in [5.74, 6) is 0. The fourth-order valence-corrected chi connectivity index (χ4v) is 0. The van der Waals surface area contributed by atoms with Gasteiger partial charge in [0.05, 0.1) is 0 Å². The second-order valence-corrected chi connectivity index (χ2v) is 1.11. The Labute approximate surface area is 35.0 Å². The molecule has 1 nitrogen and oxygen atoms in total. The molecule has 0 N–H and O–H groups in total. The molecule has 0 rings (SSSR count). The minimum atomic E-state index is -0.889. The Morgan fingerprint density at radius 2 is 1.75 bits per heavy atom. The SMILES string of the molecule is O=C(Cl)Cl.[HH]. The molecule has 0 aliphatic rings. The zero-order valence-electron chi connectivity index (χ0n) is 1.66. The highest BCUT2D eigenvalue weighted by Gasteiger charge is 1.72. The molecular formula is CH2Cl2O.